The first-order chi connectivity index (χ1) is 13.5. The Morgan fingerprint density at radius 3 is 2.71 bits per heavy atom. The molecule has 1 atom stereocenters. The highest BCUT2D eigenvalue weighted by Gasteiger charge is 2.41. The summed E-state index contributed by atoms with van der Waals surface area (Å²) in [6.45, 7) is 0.157. The highest BCUT2D eigenvalue weighted by Crippen LogP contribution is 2.28. The third-order valence-electron chi connectivity index (χ3n) is 4.56. The SMILES string of the molecule is CNC(=O)CCC(C=O)N1C(=O)c2cccc(C#CCCCCCO)c2C1=O. The second kappa shape index (κ2) is 10.4. The predicted octanol–water partition coefficient (Wildman–Crippen LogP) is 1.28. The number of nitrogens with zero attached hydrogens (tertiary/aromatic N) is 1. The number of hydrogen-bond donors (Lipinski definition) is 2. The number of benzene rings is 1. The van der Waals surface area contributed by atoms with Crippen LogP contribution in [-0.2, 0) is 9.59 Å². The minimum absolute atomic E-state index is 0.0355. The Labute approximate surface area is 164 Å². The van der Waals surface area contributed by atoms with Gasteiger partial charge in [0.1, 0.15) is 6.29 Å². The highest BCUT2D eigenvalue weighted by molar-refractivity contribution is 6.23. The molecular formula is C21H24N2O5. The van der Waals surface area contributed by atoms with Gasteiger partial charge in [-0.3, -0.25) is 19.3 Å². The Bertz CT molecular complexity index is 822. The first-order valence-electron chi connectivity index (χ1n) is 9.31. The summed E-state index contributed by atoms with van der Waals surface area (Å²) in [7, 11) is 1.48. The molecule has 0 saturated carbocycles. The quantitative estimate of drug-likeness (QED) is 0.289. The van der Waals surface area contributed by atoms with Crippen LogP contribution >= 0.6 is 0 Å². The van der Waals surface area contributed by atoms with Crippen LogP contribution < -0.4 is 5.32 Å². The first-order valence-corrected chi connectivity index (χ1v) is 9.31. The fourth-order valence-electron chi connectivity index (χ4n) is 3.03. The van der Waals surface area contributed by atoms with Gasteiger partial charge in [0.25, 0.3) is 11.8 Å². The monoisotopic (exact) mass is 384 g/mol. The molecular weight excluding hydrogens is 360 g/mol. The van der Waals surface area contributed by atoms with Gasteiger partial charge in [-0.2, -0.15) is 0 Å². The van der Waals surface area contributed by atoms with Gasteiger partial charge in [0, 0.05) is 32.1 Å². The number of amides is 3. The number of nitrogens with one attached hydrogen (secondary N) is 1. The van der Waals surface area contributed by atoms with E-state index in [-0.39, 0.29) is 36.5 Å². The van der Waals surface area contributed by atoms with E-state index in [1.807, 2.05) is 0 Å². The second-order valence-corrected chi connectivity index (χ2v) is 6.46. The van der Waals surface area contributed by atoms with Crippen LogP contribution in [0.15, 0.2) is 18.2 Å². The molecule has 7 heteroatoms. The van der Waals surface area contributed by atoms with Crippen molar-refractivity contribution in [3.05, 3.63) is 34.9 Å². The molecule has 1 aliphatic heterocycles. The lowest BCUT2D eigenvalue weighted by atomic mass is 10.0. The molecule has 0 fully saturated rings. The van der Waals surface area contributed by atoms with E-state index in [9.17, 15) is 19.2 Å². The van der Waals surface area contributed by atoms with Gasteiger partial charge in [-0.1, -0.05) is 24.3 Å². The van der Waals surface area contributed by atoms with Gasteiger partial charge in [0.15, 0.2) is 0 Å². The number of carbonyl (C=O) groups is 4. The molecule has 28 heavy (non-hydrogen) atoms. The van der Waals surface area contributed by atoms with Gasteiger partial charge < -0.3 is 15.2 Å². The van der Waals surface area contributed by atoms with Gasteiger partial charge in [-0.25, -0.2) is 0 Å². The van der Waals surface area contributed by atoms with Crippen LogP contribution in [-0.4, -0.2) is 53.7 Å². The van der Waals surface area contributed by atoms with E-state index in [4.69, 9.17) is 5.11 Å². The summed E-state index contributed by atoms with van der Waals surface area (Å²) in [6.07, 6.45) is 3.70. The standard InChI is InChI=1S/C21H24N2O5/c1-22-18(26)12-11-16(14-25)23-20(27)17-10-7-9-15(19(17)21(23)28)8-5-3-2-4-6-13-24/h7,9-10,14,16,24H,2-4,6,11-13H2,1H3,(H,22,26). The van der Waals surface area contributed by atoms with E-state index in [2.05, 4.69) is 17.2 Å². The molecule has 3 amide bonds. The number of aliphatic hydroxyl groups is 1. The molecule has 0 aromatic heterocycles. The van der Waals surface area contributed by atoms with Gasteiger partial charge in [0.05, 0.1) is 17.2 Å². The third-order valence-corrected chi connectivity index (χ3v) is 4.56. The lowest BCUT2D eigenvalue weighted by molar-refractivity contribution is -0.121. The van der Waals surface area contributed by atoms with Crippen LogP contribution in [0.2, 0.25) is 0 Å². The lowest BCUT2D eigenvalue weighted by Crippen LogP contribution is -2.41. The first kappa shape index (κ1) is 21.3. The molecule has 0 aliphatic carbocycles. The van der Waals surface area contributed by atoms with Crippen molar-refractivity contribution in [3.63, 3.8) is 0 Å². The number of unbranched alkanes of at least 4 members (excludes halogenated alkanes) is 3. The Balaban J connectivity index is 2.19. The zero-order valence-electron chi connectivity index (χ0n) is 15.9. The minimum Gasteiger partial charge on any atom is -0.396 e. The molecule has 1 aromatic carbocycles. The molecule has 148 valence electrons. The molecule has 1 aromatic rings. The maximum Gasteiger partial charge on any atom is 0.263 e. The van der Waals surface area contributed by atoms with Crippen molar-refractivity contribution in [2.75, 3.05) is 13.7 Å². The Morgan fingerprint density at radius 2 is 2.04 bits per heavy atom. The van der Waals surface area contributed by atoms with Gasteiger partial charge in [0.2, 0.25) is 5.91 Å². The Hall–Kier alpha value is -2.98. The zero-order chi connectivity index (χ0) is 20.5. The molecule has 0 radical (unpaired) electrons. The van der Waals surface area contributed by atoms with E-state index in [0.717, 1.165) is 24.2 Å². The molecule has 1 aliphatic rings. The number of aldehydes is 1. The van der Waals surface area contributed by atoms with Crippen molar-refractivity contribution >= 4 is 24.0 Å². The summed E-state index contributed by atoms with van der Waals surface area (Å²) in [5.74, 6) is 4.58. The van der Waals surface area contributed by atoms with Crippen molar-refractivity contribution in [2.45, 2.75) is 44.6 Å². The van der Waals surface area contributed by atoms with E-state index >= 15 is 0 Å². The molecule has 0 saturated heterocycles. The van der Waals surface area contributed by atoms with Crippen LogP contribution in [0.25, 0.3) is 0 Å². The smallest absolute Gasteiger partial charge is 0.263 e. The van der Waals surface area contributed by atoms with Crippen molar-refractivity contribution < 1.29 is 24.3 Å². The van der Waals surface area contributed by atoms with Crippen molar-refractivity contribution in [3.8, 4) is 11.8 Å². The lowest BCUT2D eigenvalue weighted by Gasteiger charge is -2.20. The maximum absolute atomic E-state index is 12.9. The summed E-state index contributed by atoms with van der Waals surface area (Å²) in [5, 5.41) is 11.2. The number of hydrogen-bond acceptors (Lipinski definition) is 5. The highest BCUT2D eigenvalue weighted by atomic mass is 16.3. The van der Waals surface area contributed by atoms with Crippen LogP contribution in [0, 0.1) is 11.8 Å². The summed E-state index contributed by atoms with van der Waals surface area (Å²) in [6, 6.07) is 3.88. The van der Waals surface area contributed by atoms with E-state index in [0.29, 0.717) is 18.3 Å². The van der Waals surface area contributed by atoms with Gasteiger partial charge >= 0.3 is 0 Å². The van der Waals surface area contributed by atoms with Gasteiger partial charge in [-0.05, 0) is 31.4 Å². The number of aliphatic hydroxyl groups excluding tert-OH is 1. The summed E-state index contributed by atoms with van der Waals surface area (Å²) < 4.78 is 0. The predicted molar refractivity (Wildman–Crippen MR) is 103 cm³/mol. The number of carbonyl (C=O) groups excluding carboxylic acids is 4. The largest absolute Gasteiger partial charge is 0.396 e. The Kier molecular flexibility index (Phi) is 7.90. The number of imide groups is 1. The summed E-state index contributed by atoms with van der Waals surface area (Å²) in [5.41, 5.74) is 0.891. The van der Waals surface area contributed by atoms with Crippen molar-refractivity contribution in [1.82, 2.24) is 10.2 Å². The zero-order valence-corrected chi connectivity index (χ0v) is 15.9. The fraction of sp³-hybridized carbons (Fsp3) is 0.429. The summed E-state index contributed by atoms with van der Waals surface area (Å²) >= 11 is 0. The van der Waals surface area contributed by atoms with Crippen molar-refractivity contribution in [1.29, 1.82) is 0 Å². The van der Waals surface area contributed by atoms with Crippen LogP contribution in [0.4, 0.5) is 0 Å². The fourth-order valence-corrected chi connectivity index (χ4v) is 3.03. The molecule has 0 spiro atoms. The molecule has 1 heterocycles. The normalized spacial score (nSPS) is 13.6. The number of fused-ring (bicyclic) bond motifs is 1. The molecule has 0 bridgehead atoms. The summed E-state index contributed by atoms with van der Waals surface area (Å²) in [4.78, 5) is 49.4. The third kappa shape index (κ3) is 4.84. The van der Waals surface area contributed by atoms with Gasteiger partial charge in [-0.15, -0.1) is 0 Å². The van der Waals surface area contributed by atoms with E-state index in [1.165, 1.54) is 7.05 Å². The van der Waals surface area contributed by atoms with E-state index < -0.39 is 17.9 Å². The van der Waals surface area contributed by atoms with Crippen LogP contribution in [0.5, 0.6) is 0 Å². The van der Waals surface area contributed by atoms with E-state index in [1.54, 1.807) is 18.2 Å². The van der Waals surface area contributed by atoms with Crippen molar-refractivity contribution in [2.24, 2.45) is 0 Å². The minimum atomic E-state index is -0.996. The average Bonchev–Trinajstić information content (AvgIpc) is 2.96. The van der Waals surface area contributed by atoms with Crippen LogP contribution in [0.3, 0.4) is 0 Å². The van der Waals surface area contributed by atoms with Crippen LogP contribution in [0.1, 0.15) is 64.8 Å². The molecule has 1 unspecified atom stereocenters. The second-order valence-electron chi connectivity index (χ2n) is 6.46. The molecule has 2 N–H and O–H groups in total. The topological polar surface area (TPSA) is 104 Å². The number of rotatable bonds is 9. The average molecular weight is 384 g/mol. The Morgan fingerprint density at radius 1 is 1.25 bits per heavy atom. The molecule has 7 nitrogen and oxygen atoms in total. The molecule has 2 rings (SSSR count). The maximum atomic E-state index is 12.9.